The third-order valence-corrected chi connectivity index (χ3v) is 7.82. The molecular formula is C32H42N6O4. The van der Waals surface area contributed by atoms with Crippen LogP contribution in [0, 0.1) is 0 Å². The van der Waals surface area contributed by atoms with E-state index in [1.165, 1.54) is 0 Å². The van der Waals surface area contributed by atoms with E-state index in [-0.39, 0.29) is 11.7 Å². The maximum Gasteiger partial charge on any atom is 0.253 e. The van der Waals surface area contributed by atoms with Crippen molar-refractivity contribution in [2.75, 3.05) is 25.5 Å². The molecule has 224 valence electrons. The third-order valence-electron chi connectivity index (χ3n) is 7.82. The van der Waals surface area contributed by atoms with Crippen LogP contribution < -0.4 is 21.1 Å². The van der Waals surface area contributed by atoms with E-state index in [4.69, 9.17) is 10.5 Å². The first-order chi connectivity index (χ1) is 20.0. The number of carbonyl (C=O) groups is 3. The summed E-state index contributed by atoms with van der Waals surface area (Å²) in [5, 5.41) is 5.66. The van der Waals surface area contributed by atoms with Gasteiger partial charge in [0, 0.05) is 19.3 Å². The summed E-state index contributed by atoms with van der Waals surface area (Å²) in [6.45, 7) is 6.45. The number of amides is 3. The molecule has 2 unspecified atom stereocenters. The van der Waals surface area contributed by atoms with Gasteiger partial charge in [0.25, 0.3) is 5.91 Å². The monoisotopic (exact) mass is 574 g/mol. The number of aromatic nitrogens is 2. The Balaban J connectivity index is 1.55. The summed E-state index contributed by atoms with van der Waals surface area (Å²) in [7, 11) is 1.60. The lowest BCUT2D eigenvalue weighted by atomic mass is 9.90. The smallest absolute Gasteiger partial charge is 0.253 e. The van der Waals surface area contributed by atoms with Crippen molar-refractivity contribution < 1.29 is 19.1 Å². The Labute approximate surface area is 247 Å². The second-order valence-corrected chi connectivity index (χ2v) is 11.6. The highest BCUT2D eigenvalue weighted by Crippen LogP contribution is 2.32. The predicted octanol–water partition coefficient (Wildman–Crippen LogP) is 3.46. The number of hydrogen-bond acceptors (Lipinski definition) is 6. The van der Waals surface area contributed by atoms with Gasteiger partial charge in [-0.2, -0.15) is 0 Å². The zero-order valence-electron chi connectivity index (χ0n) is 24.9. The van der Waals surface area contributed by atoms with Gasteiger partial charge in [0.05, 0.1) is 19.0 Å². The van der Waals surface area contributed by atoms with E-state index in [0.29, 0.717) is 31.7 Å². The van der Waals surface area contributed by atoms with Crippen LogP contribution in [0.15, 0.2) is 67.1 Å². The van der Waals surface area contributed by atoms with Crippen molar-refractivity contribution in [1.29, 1.82) is 0 Å². The topological polar surface area (TPSA) is 132 Å². The number of nitrogens with zero attached hydrogens (tertiary/aromatic N) is 3. The minimum atomic E-state index is -1.14. The maximum absolute atomic E-state index is 13.9. The van der Waals surface area contributed by atoms with Gasteiger partial charge < -0.3 is 30.6 Å². The number of methoxy groups -OCH3 is 1. The molecule has 10 heteroatoms. The van der Waals surface area contributed by atoms with Crippen LogP contribution in [0.3, 0.4) is 0 Å². The zero-order valence-corrected chi connectivity index (χ0v) is 24.9. The van der Waals surface area contributed by atoms with Gasteiger partial charge in [-0.1, -0.05) is 42.5 Å². The SMILES string of the molecule is COc1ccc(C(C)(C(=O)N2CCCC2)n2cnc(NC(=O)C(CCCc3ccccc3)NC(=O)C(C)(C)N)c2)cc1. The molecule has 0 spiro atoms. The number of likely N-dealkylation sites (tertiary alicyclic amines) is 1. The van der Waals surface area contributed by atoms with Crippen molar-refractivity contribution in [1.82, 2.24) is 19.8 Å². The molecule has 42 heavy (non-hydrogen) atoms. The van der Waals surface area contributed by atoms with Gasteiger partial charge in [-0.15, -0.1) is 0 Å². The number of hydrogen-bond donors (Lipinski definition) is 3. The number of benzene rings is 2. The van der Waals surface area contributed by atoms with Gasteiger partial charge in [-0.3, -0.25) is 14.4 Å². The Bertz CT molecular complexity index is 1360. The standard InChI is InChI=1S/C32H42N6O4/c1-31(2,33)29(40)35-26(14-10-13-23-11-6-5-7-12-23)28(39)36-27-21-38(22-34-27)32(3,30(41)37-19-8-9-20-37)24-15-17-25(42-4)18-16-24/h5-7,11-12,15-18,21-22,26H,8-10,13-14,19-20,33H2,1-4H3,(H,35,40)(H,36,39). The largest absolute Gasteiger partial charge is 0.497 e. The molecule has 2 atom stereocenters. The Kier molecular flexibility index (Phi) is 9.67. The maximum atomic E-state index is 13.9. The van der Waals surface area contributed by atoms with E-state index in [1.807, 2.05) is 66.4 Å². The molecule has 2 heterocycles. The van der Waals surface area contributed by atoms with Crippen molar-refractivity contribution in [2.24, 2.45) is 5.73 Å². The van der Waals surface area contributed by atoms with Crippen molar-refractivity contribution in [3.8, 4) is 5.75 Å². The second-order valence-electron chi connectivity index (χ2n) is 11.6. The Morgan fingerprint density at radius 1 is 1.02 bits per heavy atom. The van der Waals surface area contributed by atoms with E-state index in [2.05, 4.69) is 15.6 Å². The van der Waals surface area contributed by atoms with Crippen LogP contribution in [-0.4, -0.2) is 64.0 Å². The minimum Gasteiger partial charge on any atom is -0.497 e. The molecular weight excluding hydrogens is 532 g/mol. The fourth-order valence-electron chi connectivity index (χ4n) is 5.14. The van der Waals surface area contributed by atoms with E-state index < -0.39 is 28.9 Å². The van der Waals surface area contributed by atoms with Crippen molar-refractivity contribution in [3.05, 3.63) is 78.2 Å². The summed E-state index contributed by atoms with van der Waals surface area (Å²) in [5.74, 6) is 0.105. The van der Waals surface area contributed by atoms with E-state index in [1.54, 1.807) is 38.0 Å². The summed E-state index contributed by atoms with van der Waals surface area (Å²) in [4.78, 5) is 46.4. The molecule has 0 saturated carbocycles. The normalized spacial score (nSPS) is 15.5. The first-order valence-electron chi connectivity index (χ1n) is 14.5. The van der Waals surface area contributed by atoms with E-state index in [9.17, 15) is 14.4 Å². The number of imidazole rings is 1. The number of nitrogens with one attached hydrogen (secondary N) is 2. The van der Waals surface area contributed by atoms with Crippen molar-refractivity contribution >= 4 is 23.5 Å². The van der Waals surface area contributed by atoms with Gasteiger partial charge in [0.1, 0.15) is 17.3 Å². The predicted molar refractivity (Wildman–Crippen MR) is 162 cm³/mol. The quantitative estimate of drug-likeness (QED) is 0.304. The number of rotatable bonds is 12. The Morgan fingerprint density at radius 2 is 1.69 bits per heavy atom. The highest BCUT2D eigenvalue weighted by molar-refractivity contribution is 5.98. The lowest BCUT2D eigenvalue weighted by molar-refractivity contribution is -0.137. The zero-order chi connectivity index (χ0) is 30.3. The molecule has 3 aromatic rings. The van der Waals surface area contributed by atoms with Crippen molar-refractivity contribution in [3.63, 3.8) is 0 Å². The van der Waals surface area contributed by atoms with Crippen LogP contribution in [0.1, 0.15) is 57.6 Å². The molecule has 0 radical (unpaired) electrons. The highest BCUT2D eigenvalue weighted by atomic mass is 16.5. The van der Waals surface area contributed by atoms with Crippen LogP contribution >= 0.6 is 0 Å². The van der Waals surface area contributed by atoms with Crippen LogP contribution in [0.2, 0.25) is 0 Å². The minimum absolute atomic E-state index is 0.0447. The highest BCUT2D eigenvalue weighted by Gasteiger charge is 2.41. The summed E-state index contributed by atoms with van der Waals surface area (Å²) in [6.07, 6.45) is 7.01. The molecule has 2 aromatic carbocycles. The van der Waals surface area contributed by atoms with Gasteiger partial charge in [0.15, 0.2) is 5.82 Å². The van der Waals surface area contributed by atoms with Gasteiger partial charge in [0.2, 0.25) is 11.8 Å². The molecule has 3 amide bonds. The van der Waals surface area contributed by atoms with Crippen LogP contribution in [0.25, 0.3) is 0 Å². The van der Waals surface area contributed by atoms with Gasteiger partial charge >= 0.3 is 0 Å². The number of ether oxygens (including phenoxy) is 1. The lowest BCUT2D eigenvalue weighted by Crippen LogP contribution is -2.54. The van der Waals surface area contributed by atoms with E-state index >= 15 is 0 Å². The van der Waals surface area contributed by atoms with Crippen molar-refractivity contribution in [2.45, 2.75) is 70.0 Å². The first-order valence-corrected chi connectivity index (χ1v) is 14.5. The lowest BCUT2D eigenvalue weighted by Gasteiger charge is -2.34. The van der Waals surface area contributed by atoms with Crippen LogP contribution in [0.4, 0.5) is 5.82 Å². The molecule has 0 aliphatic carbocycles. The Hall–Kier alpha value is -4.18. The molecule has 1 aromatic heterocycles. The second kappa shape index (κ2) is 13.2. The fourth-order valence-corrected chi connectivity index (χ4v) is 5.14. The Morgan fingerprint density at radius 3 is 2.31 bits per heavy atom. The molecule has 0 bridgehead atoms. The fraction of sp³-hybridized carbons (Fsp3) is 0.438. The first kappa shape index (κ1) is 30.8. The molecule has 4 N–H and O–H groups in total. The van der Waals surface area contributed by atoms with Gasteiger partial charge in [-0.05, 0) is 76.1 Å². The summed E-state index contributed by atoms with van der Waals surface area (Å²) < 4.78 is 7.05. The van der Waals surface area contributed by atoms with Gasteiger partial charge in [-0.25, -0.2) is 4.98 Å². The number of aryl methyl sites for hydroxylation is 1. The summed E-state index contributed by atoms with van der Waals surface area (Å²) in [5.41, 5.74) is 5.68. The summed E-state index contributed by atoms with van der Waals surface area (Å²) >= 11 is 0. The molecule has 1 aliphatic heterocycles. The molecule has 10 nitrogen and oxygen atoms in total. The summed E-state index contributed by atoms with van der Waals surface area (Å²) in [6, 6.07) is 16.6. The molecule has 1 fully saturated rings. The van der Waals surface area contributed by atoms with E-state index in [0.717, 1.165) is 30.4 Å². The van der Waals surface area contributed by atoms with Crippen LogP contribution in [0.5, 0.6) is 5.75 Å². The third kappa shape index (κ3) is 7.17. The molecule has 1 aliphatic rings. The average Bonchev–Trinajstić information content (AvgIpc) is 3.69. The van der Waals surface area contributed by atoms with Crippen LogP contribution in [-0.2, 0) is 26.3 Å². The number of carbonyl (C=O) groups excluding carboxylic acids is 3. The molecule has 1 saturated heterocycles. The molecule has 4 rings (SSSR count). The average molecular weight is 575 g/mol. The number of nitrogens with two attached hydrogens (primary N) is 1. The number of anilines is 1.